The van der Waals surface area contributed by atoms with Gasteiger partial charge in [0.15, 0.2) is 5.65 Å². The highest BCUT2D eigenvalue weighted by Crippen LogP contribution is 2.35. The zero-order valence-electron chi connectivity index (χ0n) is 18.3. The summed E-state index contributed by atoms with van der Waals surface area (Å²) in [6.45, 7) is 11.6. The Morgan fingerprint density at radius 2 is 1.73 bits per heavy atom. The standard InChI is InChI=1S/C23H30N6O/c1-15-16(2)24-22-19-13-28(14-20(19)25-29(22)17(15)3)23(30)18-7-5-6-8-21(18)27-11-9-26(4)10-12-27/h5-8,23,30H,9-14H2,1-4H3. The number of aliphatic hydroxyl groups excluding tert-OH is 1. The van der Waals surface area contributed by atoms with Gasteiger partial charge in [0.2, 0.25) is 0 Å². The Kier molecular flexibility index (Phi) is 4.76. The van der Waals surface area contributed by atoms with Gasteiger partial charge in [-0.2, -0.15) is 5.10 Å². The SMILES string of the molecule is Cc1nc2c3c(nn2c(C)c1C)CN(C(O)c1ccccc1N1CCN(C)CC1)C3. The van der Waals surface area contributed by atoms with Gasteiger partial charge in [0.1, 0.15) is 6.23 Å². The summed E-state index contributed by atoms with van der Waals surface area (Å²) in [6.07, 6.45) is -0.664. The van der Waals surface area contributed by atoms with E-state index >= 15 is 0 Å². The summed E-state index contributed by atoms with van der Waals surface area (Å²) in [4.78, 5) is 11.6. The van der Waals surface area contributed by atoms with Crippen molar-refractivity contribution in [2.75, 3.05) is 38.1 Å². The fourth-order valence-corrected chi connectivity index (χ4v) is 4.65. The number of aliphatic hydroxyl groups is 1. The van der Waals surface area contributed by atoms with Gasteiger partial charge in [-0.1, -0.05) is 18.2 Å². The van der Waals surface area contributed by atoms with Crippen LogP contribution in [0.2, 0.25) is 0 Å². The molecule has 1 atom stereocenters. The van der Waals surface area contributed by atoms with Crippen molar-refractivity contribution in [3.63, 3.8) is 0 Å². The number of rotatable bonds is 3. The van der Waals surface area contributed by atoms with Crippen molar-refractivity contribution in [2.45, 2.75) is 40.1 Å². The molecule has 0 radical (unpaired) electrons. The Balaban J connectivity index is 1.43. The van der Waals surface area contributed by atoms with Crippen molar-refractivity contribution in [1.29, 1.82) is 0 Å². The number of anilines is 1. The average Bonchev–Trinajstić information content (AvgIpc) is 3.31. The van der Waals surface area contributed by atoms with Crippen molar-refractivity contribution < 1.29 is 5.11 Å². The molecule has 4 heterocycles. The number of aryl methyl sites for hydroxylation is 2. The minimum atomic E-state index is -0.664. The number of hydrogen-bond acceptors (Lipinski definition) is 6. The highest BCUT2D eigenvalue weighted by Gasteiger charge is 2.32. The number of nitrogens with zero attached hydrogens (tertiary/aromatic N) is 6. The predicted molar refractivity (Wildman–Crippen MR) is 118 cm³/mol. The predicted octanol–water partition coefficient (Wildman–Crippen LogP) is 2.41. The van der Waals surface area contributed by atoms with Crippen LogP contribution in [0.4, 0.5) is 5.69 Å². The Morgan fingerprint density at radius 1 is 1.00 bits per heavy atom. The van der Waals surface area contributed by atoms with E-state index in [2.05, 4.69) is 60.7 Å². The first-order valence-corrected chi connectivity index (χ1v) is 10.7. The third-order valence-corrected chi connectivity index (χ3v) is 6.84. The highest BCUT2D eigenvalue weighted by molar-refractivity contribution is 5.57. The fourth-order valence-electron chi connectivity index (χ4n) is 4.65. The quantitative estimate of drug-likeness (QED) is 0.721. The number of fused-ring (bicyclic) bond motifs is 3. The van der Waals surface area contributed by atoms with E-state index in [0.717, 1.165) is 65.7 Å². The molecule has 7 nitrogen and oxygen atoms in total. The Labute approximate surface area is 177 Å². The van der Waals surface area contributed by atoms with Crippen LogP contribution in [0.1, 0.15) is 40.0 Å². The van der Waals surface area contributed by atoms with Crippen molar-refractivity contribution in [3.05, 3.63) is 58.0 Å². The molecule has 2 aromatic heterocycles. The van der Waals surface area contributed by atoms with E-state index in [1.807, 2.05) is 10.6 Å². The summed E-state index contributed by atoms with van der Waals surface area (Å²) in [7, 11) is 2.16. The molecule has 0 saturated carbocycles. The maximum absolute atomic E-state index is 11.3. The second-order valence-corrected chi connectivity index (χ2v) is 8.70. The average molecular weight is 407 g/mol. The van der Waals surface area contributed by atoms with Gasteiger partial charge < -0.3 is 14.9 Å². The maximum Gasteiger partial charge on any atom is 0.160 e. The molecule has 30 heavy (non-hydrogen) atoms. The van der Waals surface area contributed by atoms with Gasteiger partial charge in [-0.05, 0) is 39.4 Å². The molecular weight excluding hydrogens is 376 g/mol. The van der Waals surface area contributed by atoms with E-state index < -0.39 is 6.23 Å². The van der Waals surface area contributed by atoms with Crippen LogP contribution >= 0.6 is 0 Å². The van der Waals surface area contributed by atoms with Crippen LogP contribution in [-0.4, -0.2) is 62.7 Å². The number of aromatic nitrogens is 3. The van der Waals surface area contributed by atoms with E-state index in [1.54, 1.807) is 0 Å². The van der Waals surface area contributed by atoms with Gasteiger partial charge in [0, 0.05) is 67.5 Å². The third-order valence-electron chi connectivity index (χ3n) is 6.84. The van der Waals surface area contributed by atoms with E-state index in [1.165, 1.54) is 5.56 Å². The molecule has 0 aliphatic carbocycles. The maximum atomic E-state index is 11.3. The smallest absolute Gasteiger partial charge is 0.160 e. The summed E-state index contributed by atoms with van der Waals surface area (Å²) in [5, 5.41) is 16.2. The lowest BCUT2D eigenvalue weighted by Crippen LogP contribution is -2.45. The van der Waals surface area contributed by atoms with Crippen molar-refractivity contribution in [3.8, 4) is 0 Å². The molecule has 3 aromatic rings. The Morgan fingerprint density at radius 3 is 2.50 bits per heavy atom. The fraction of sp³-hybridized carbons (Fsp3) is 0.478. The first-order chi connectivity index (χ1) is 14.4. The van der Waals surface area contributed by atoms with Gasteiger partial charge in [-0.15, -0.1) is 0 Å². The van der Waals surface area contributed by atoms with E-state index in [-0.39, 0.29) is 0 Å². The van der Waals surface area contributed by atoms with E-state index in [4.69, 9.17) is 10.1 Å². The van der Waals surface area contributed by atoms with Crippen molar-refractivity contribution >= 4 is 11.3 Å². The first kappa shape index (κ1) is 19.5. The molecule has 5 rings (SSSR count). The van der Waals surface area contributed by atoms with Crippen molar-refractivity contribution in [1.82, 2.24) is 24.4 Å². The zero-order valence-corrected chi connectivity index (χ0v) is 18.3. The molecule has 7 heteroatoms. The minimum Gasteiger partial charge on any atom is -0.374 e. The van der Waals surface area contributed by atoms with E-state index in [9.17, 15) is 5.11 Å². The monoisotopic (exact) mass is 406 g/mol. The molecule has 158 valence electrons. The van der Waals surface area contributed by atoms with Crippen LogP contribution in [0.15, 0.2) is 24.3 Å². The summed E-state index contributed by atoms with van der Waals surface area (Å²) >= 11 is 0. The molecule has 1 N–H and O–H groups in total. The molecule has 1 saturated heterocycles. The Hall–Kier alpha value is -2.48. The van der Waals surface area contributed by atoms with Crippen LogP contribution < -0.4 is 4.90 Å². The molecule has 0 bridgehead atoms. The van der Waals surface area contributed by atoms with Crippen LogP contribution in [0.3, 0.4) is 0 Å². The summed E-state index contributed by atoms with van der Waals surface area (Å²) in [5.41, 5.74) is 8.55. The second kappa shape index (κ2) is 7.34. The molecule has 0 amide bonds. The normalized spacial score (nSPS) is 18.9. The van der Waals surface area contributed by atoms with Crippen LogP contribution in [0, 0.1) is 20.8 Å². The second-order valence-electron chi connectivity index (χ2n) is 8.70. The number of benzene rings is 1. The van der Waals surface area contributed by atoms with Gasteiger partial charge in [-0.3, -0.25) is 4.90 Å². The molecular formula is C23H30N6O. The lowest BCUT2D eigenvalue weighted by atomic mass is 10.1. The van der Waals surface area contributed by atoms with Gasteiger partial charge in [-0.25, -0.2) is 9.50 Å². The topological polar surface area (TPSA) is 60.1 Å². The lowest BCUT2D eigenvalue weighted by molar-refractivity contribution is -0.00209. The zero-order chi connectivity index (χ0) is 21.0. The van der Waals surface area contributed by atoms with Gasteiger partial charge >= 0.3 is 0 Å². The minimum absolute atomic E-state index is 0.633. The summed E-state index contributed by atoms with van der Waals surface area (Å²) < 4.78 is 1.97. The van der Waals surface area contributed by atoms with Gasteiger partial charge in [0.25, 0.3) is 0 Å². The molecule has 1 aromatic carbocycles. The number of likely N-dealkylation sites (N-methyl/N-ethyl adjacent to an activating group) is 1. The number of hydrogen-bond donors (Lipinski definition) is 1. The van der Waals surface area contributed by atoms with Crippen LogP contribution in [-0.2, 0) is 13.1 Å². The largest absolute Gasteiger partial charge is 0.374 e. The molecule has 1 fully saturated rings. The van der Waals surface area contributed by atoms with Crippen LogP contribution in [0.5, 0.6) is 0 Å². The first-order valence-electron chi connectivity index (χ1n) is 10.7. The number of piperazine rings is 1. The van der Waals surface area contributed by atoms with Crippen molar-refractivity contribution in [2.24, 2.45) is 0 Å². The molecule has 2 aliphatic heterocycles. The summed E-state index contributed by atoms with van der Waals surface area (Å²) in [6, 6.07) is 8.26. The lowest BCUT2D eigenvalue weighted by Gasteiger charge is -2.36. The molecule has 0 spiro atoms. The number of para-hydroxylation sites is 1. The van der Waals surface area contributed by atoms with E-state index in [0.29, 0.717) is 13.1 Å². The Bertz CT molecular complexity index is 1100. The highest BCUT2D eigenvalue weighted by atomic mass is 16.3. The third kappa shape index (κ3) is 3.09. The summed E-state index contributed by atoms with van der Waals surface area (Å²) in [5.74, 6) is 0. The van der Waals surface area contributed by atoms with Crippen LogP contribution in [0.25, 0.3) is 5.65 Å². The van der Waals surface area contributed by atoms with Gasteiger partial charge in [0.05, 0.1) is 5.69 Å². The molecule has 2 aliphatic rings. The molecule has 1 unspecified atom stereocenters.